The number of nitrogens with one attached hydrogen (secondary N) is 1. The lowest BCUT2D eigenvalue weighted by Crippen LogP contribution is -2.37. The second kappa shape index (κ2) is 5.35. The number of halogens is 3. The maximum absolute atomic E-state index is 12.6. The number of alkyl halides is 3. The molecular weight excluding hydrogens is 265 g/mol. The highest BCUT2D eigenvalue weighted by atomic mass is 19.4. The first-order valence-corrected chi connectivity index (χ1v) is 6.74. The van der Waals surface area contributed by atoms with Crippen molar-refractivity contribution in [1.29, 1.82) is 5.26 Å². The molecule has 0 aromatic heterocycles. The summed E-state index contributed by atoms with van der Waals surface area (Å²) in [5, 5.41) is 12.3. The van der Waals surface area contributed by atoms with Gasteiger partial charge in [0.2, 0.25) is 0 Å². The second-order valence-corrected chi connectivity index (χ2v) is 5.62. The van der Waals surface area contributed by atoms with Gasteiger partial charge in [-0.25, -0.2) is 0 Å². The van der Waals surface area contributed by atoms with Crippen molar-refractivity contribution in [3.05, 3.63) is 29.3 Å². The van der Waals surface area contributed by atoms with Gasteiger partial charge < -0.3 is 5.32 Å². The van der Waals surface area contributed by atoms with Crippen molar-refractivity contribution in [2.45, 2.75) is 50.7 Å². The highest BCUT2D eigenvalue weighted by molar-refractivity contribution is 5.60. The third-order valence-electron chi connectivity index (χ3n) is 3.86. The van der Waals surface area contributed by atoms with E-state index in [0.29, 0.717) is 5.69 Å². The molecule has 0 heterocycles. The molecule has 0 bridgehead atoms. The van der Waals surface area contributed by atoms with E-state index in [2.05, 4.69) is 12.2 Å². The number of nitriles is 1. The zero-order chi connectivity index (χ0) is 14.8. The third-order valence-corrected chi connectivity index (χ3v) is 3.86. The summed E-state index contributed by atoms with van der Waals surface area (Å²) in [7, 11) is 0. The Hall–Kier alpha value is -1.70. The van der Waals surface area contributed by atoms with Crippen LogP contribution in [0.3, 0.4) is 0 Å². The molecule has 20 heavy (non-hydrogen) atoms. The lowest BCUT2D eigenvalue weighted by atomic mass is 9.83. The molecule has 0 saturated heterocycles. The van der Waals surface area contributed by atoms with E-state index in [-0.39, 0.29) is 11.1 Å². The molecule has 0 unspecified atom stereocenters. The minimum absolute atomic E-state index is 0.0478. The molecule has 0 amide bonds. The molecule has 1 fully saturated rings. The van der Waals surface area contributed by atoms with Crippen LogP contribution in [0.1, 0.15) is 50.2 Å². The topological polar surface area (TPSA) is 35.8 Å². The Bertz CT molecular complexity index is 523. The fraction of sp³-hybridized carbons (Fsp3) is 0.533. The molecule has 1 saturated carbocycles. The van der Waals surface area contributed by atoms with Crippen LogP contribution in [0.2, 0.25) is 0 Å². The minimum Gasteiger partial charge on any atom is -0.379 e. The number of benzene rings is 1. The summed E-state index contributed by atoms with van der Waals surface area (Å²) in [4.78, 5) is 0. The Morgan fingerprint density at radius 3 is 2.40 bits per heavy atom. The maximum Gasteiger partial charge on any atom is 0.416 e. The van der Waals surface area contributed by atoms with Gasteiger partial charge in [-0.15, -0.1) is 0 Å². The maximum atomic E-state index is 12.6. The van der Waals surface area contributed by atoms with Crippen LogP contribution in [-0.4, -0.2) is 5.54 Å². The number of anilines is 1. The average molecular weight is 282 g/mol. The molecule has 0 spiro atoms. The van der Waals surface area contributed by atoms with Crippen LogP contribution in [0.4, 0.5) is 18.9 Å². The summed E-state index contributed by atoms with van der Waals surface area (Å²) in [6.45, 7) is 2.06. The van der Waals surface area contributed by atoms with Crippen LogP contribution < -0.4 is 5.32 Å². The molecular formula is C15H17F3N2. The molecule has 0 atom stereocenters. The largest absolute Gasteiger partial charge is 0.416 e. The van der Waals surface area contributed by atoms with Gasteiger partial charge in [-0.05, 0) is 38.0 Å². The number of hydrogen-bond acceptors (Lipinski definition) is 2. The first-order valence-electron chi connectivity index (χ1n) is 6.74. The summed E-state index contributed by atoms with van der Waals surface area (Å²) in [5.41, 5.74) is -0.381. The quantitative estimate of drug-likeness (QED) is 0.852. The summed E-state index contributed by atoms with van der Waals surface area (Å²) in [6, 6.07) is 5.15. The van der Waals surface area contributed by atoms with Crippen LogP contribution in [0.15, 0.2) is 18.2 Å². The van der Waals surface area contributed by atoms with Gasteiger partial charge in [0.15, 0.2) is 0 Å². The van der Waals surface area contributed by atoms with Crippen molar-refractivity contribution in [2.24, 2.45) is 0 Å². The van der Waals surface area contributed by atoms with E-state index in [1.807, 2.05) is 6.07 Å². The molecule has 1 aliphatic carbocycles. The van der Waals surface area contributed by atoms with Crippen LogP contribution in [0, 0.1) is 11.3 Å². The minimum atomic E-state index is -4.42. The smallest absolute Gasteiger partial charge is 0.379 e. The van der Waals surface area contributed by atoms with Gasteiger partial charge in [0.25, 0.3) is 0 Å². The van der Waals surface area contributed by atoms with Crippen molar-refractivity contribution >= 4 is 5.69 Å². The number of nitrogens with zero attached hydrogens (tertiary/aromatic N) is 1. The van der Waals surface area contributed by atoms with Crippen molar-refractivity contribution in [3.8, 4) is 6.07 Å². The molecule has 108 valence electrons. The van der Waals surface area contributed by atoms with Crippen LogP contribution in [-0.2, 0) is 6.18 Å². The van der Waals surface area contributed by atoms with Crippen molar-refractivity contribution in [1.82, 2.24) is 0 Å². The summed E-state index contributed by atoms with van der Waals surface area (Å²) >= 11 is 0. The highest BCUT2D eigenvalue weighted by Gasteiger charge is 2.32. The number of rotatable bonds is 2. The molecule has 1 aliphatic rings. The van der Waals surface area contributed by atoms with Gasteiger partial charge in [-0.1, -0.05) is 19.3 Å². The fourth-order valence-corrected chi connectivity index (χ4v) is 2.70. The Morgan fingerprint density at radius 2 is 1.85 bits per heavy atom. The Balaban J connectivity index is 2.26. The zero-order valence-corrected chi connectivity index (χ0v) is 11.3. The van der Waals surface area contributed by atoms with Gasteiger partial charge in [-0.2, -0.15) is 18.4 Å². The highest BCUT2D eigenvalue weighted by Crippen LogP contribution is 2.35. The summed E-state index contributed by atoms with van der Waals surface area (Å²) in [5.74, 6) is 0. The van der Waals surface area contributed by atoms with Gasteiger partial charge in [0.05, 0.1) is 16.8 Å². The second-order valence-electron chi connectivity index (χ2n) is 5.62. The fourth-order valence-electron chi connectivity index (χ4n) is 2.70. The first kappa shape index (κ1) is 14.7. The molecule has 0 radical (unpaired) electrons. The van der Waals surface area contributed by atoms with Crippen molar-refractivity contribution in [2.75, 3.05) is 5.32 Å². The Labute approximate surface area is 116 Å². The van der Waals surface area contributed by atoms with Gasteiger partial charge >= 0.3 is 6.18 Å². The molecule has 5 heteroatoms. The zero-order valence-electron chi connectivity index (χ0n) is 11.3. The SMILES string of the molecule is CC1(Nc2ccc(C(F)(F)F)cc2C#N)CCCCC1. The normalized spacial score (nSPS) is 18.4. The molecule has 1 aromatic rings. The Morgan fingerprint density at radius 1 is 1.20 bits per heavy atom. The lowest BCUT2D eigenvalue weighted by Gasteiger charge is -2.36. The predicted molar refractivity (Wildman–Crippen MR) is 71.3 cm³/mol. The van der Waals surface area contributed by atoms with E-state index in [0.717, 1.165) is 37.8 Å². The monoisotopic (exact) mass is 282 g/mol. The Kier molecular flexibility index (Phi) is 3.94. The lowest BCUT2D eigenvalue weighted by molar-refractivity contribution is -0.137. The number of hydrogen-bond donors (Lipinski definition) is 1. The summed E-state index contributed by atoms with van der Waals surface area (Å²) < 4.78 is 37.9. The molecule has 2 rings (SSSR count). The standard InChI is InChI=1S/C15H17F3N2/c1-14(7-3-2-4-8-14)20-13-6-5-12(15(16,17)18)9-11(13)10-19/h5-6,9,20H,2-4,7-8H2,1H3. The van der Waals surface area contributed by atoms with E-state index in [4.69, 9.17) is 5.26 Å². The third kappa shape index (κ3) is 3.24. The van der Waals surface area contributed by atoms with Crippen LogP contribution in [0.25, 0.3) is 0 Å². The van der Waals surface area contributed by atoms with Crippen molar-refractivity contribution < 1.29 is 13.2 Å². The molecule has 1 aromatic carbocycles. The first-order chi connectivity index (χ1) is 9.34. The van der Waals surface area contributed by atoms with Crippen molar-refractivity contribution in [3.63, 3.8) is 0 Å². The van der Waals surface area contributed by atoms with Crippen LogP contribution >= 0.6 is 0 Å². The van der Waals surface area contributed by atoms with E-state index >= 15 is 0 Å². The van der Waals surface area contributed by atoms with E-state index in [1.165, 1.54) is 12.5 Å². The van der Waals surface area contributed by atoms with E-state index < -0.39 is 11.7 Å². The molecule has 2 nitrogen and oxygen atoms in total. The van der Waals surface area contributed by atoms with Gasteiger partial charge in [0, 0.05) is 5.54 Å². The van der Waals surface area contributed by atoms with Gasteiger partial charge in [0.1, 0.15) is 6.07 Å². The predicted octanol–water partition coefficient (Wildman–Crippen LogP) is 4.71. The van der Waals surface area contributed by atoms with Crippen LogP contribution in [0.5, 0.6) is 0 Å². The molecule has 1 N–H and O–H groups in total. The van der Waals surface area contributed by atoms with E-state index in [9.17, 15) is 13.2 Å². The molecule has 0 aliphatic heterocycles. The average Bonchev–Trinajstić information content (AvgIpc) is 2.38. The van der Waals surface area contributed by atoms with E-state index in [1.54, 1.807) is 0 Å². The summed E-state index contributed by atoms with van der Waals surface area (Å²) in [6.07, 6.45) is 0.921. The van der Waals surface area contributed by atoms with Gasteiger partial charge in [-0.3, -0.25) is 0 Å².